The second kappa shape index (κ2) is 9.66. The lowest BCUT2D eigenvalue weighted by atomic mass is 10.1. The number of imidazole rings is 1. The summed E-state index contributed by atoms with van der Waals surface area (Å²) >= 11 is 0. The number of aromatic nitrogens is 2. The molecule has 0 atom stereocenters. The number of benzene rings is 2. The van der Waals surface area contributed by atoms with Crippen molar-refractivity contribution in [1.29, 1.82) is 0 Å². The predicted molar refractivity (Wildman–Crippen MR) is 115 cm³/mol. The Kier molecular flexibility index (Phi) is 7.54. The maximum Gasteiger partial charge on any atom is 0.271 e. The number of likely N-dealkylation sites (N-methyl/N-ethyl adjacent to an activating group) is 1. The van der Waals surface area contributed by atoms with Crippen molar-refractivity contribution in [2.75, 3.05) is 19.6 Å². The lowest BCUT2D eigenvalue weighted by Gasteiger charge is -2.19. The molecule has 0 saturated heterocycles. The standard InChI is InChI=1S/C21H26N4O2.ClH/c1-4-23(5-2)12-13-24-20-11-10-18(25(26)27)15-19(20)22-21(24)14-17-8-6-16(3)7-9-17;/h6-11,15H,4-5,12-14H2,1-3H3;1H. The SMILES string of the molecule is CCN(CC)CCn1c(Cc2ccc(C)cc2)nc2cc([N+](=O)[O-])ccc21.Cl. The van der Waals surface area contributed by atoms with Gasteiger partial charge in [0.15, 0.2) is 0 Å². The van der Waals surface area contributed by atoms with Gasteiger partial charge in [0.05, 0.1) is 16.0 Å². The van der Waals surface area contributed by atoms with E-state index in [9.17, 15) is 10.1 Å². The molecule has 7 heteroatoms. The number of nitro benzene ring substituents is 1. The molecule has 0 aliphatic carbocycles. The molecule has 3 aromatic rings. The Morgan fingerprint density at radius 2 is 1.79 bits per heavy atom. The lowest BCUT2D eigenvalue weighted by molar-refractivity contribution is -0.384. The van der Waals surface area contributed by atoms with Gasteiger partial charge in [-0.05, 0) is 31.6 Å². The first-order valence-corrected chi connectivity index (χ1v) is 9.43. The van der Waals surface area contributed by atoms with Crippen LogP contribution in [0.25, 0.3) is 11.0 Å². The van der Waals surface area contributed by atoms with E-state index in [-0.39, 0.29) is 23.0 Å². The number of halogens is 1. The highest BCUT2D eigenvalue weighted by atomic mass is 35.5. The lowest BCUT2D eigenvalue weighted by Crippen LogP contribution is -2.27. The number of non-ortho nitro benzene ring substituents is 1. The number of hydrogen-bond donors (Lipinski definition) is 0. The van der Waals surface area contributed by atoms with Gasteiger partial charge in [0.25, 0.3) is 5.69 Å². The molecule has 0 spiro atoms. The van der Waals surface area contributed by atoms with Crippen LogP contribution in [0.2, 0.25) is 0 Å². The highest BCUT2D eigenvalue weighted by Gasteiger charge is 2.15. The maximum absolute atomic E-state index is 11.1. The summed E-state index contributed by atoms with van der Waals surface area (Å²) < 4.78 is 2.21. The third-order valence-electron chi connectivity index (χ3n) is 5.04. The molecular formula is C21H27ClN4O2. The van der Waals surface area contributed by atoms with E-state index in [0.29, 0.717) is 11.9 Å². The molecule has 0 saturated carbocycles. The molecule has 0 radical (unpaired) electrons. The van der Waals surface area contributed by atoms with Gasteiger partial charge in [-0.25, -0.2) is 4.98 Å². The number of rotatable bonds is 8. The van der Waals surface area contributed by atoms with Gasteiger partial charge >= 0.3 is 0 Å². The molecule has 0 amide bonds. The van der Waals surface area contributed by atoms with Gasteiger partial charge in [-0.15, -0.1) is 12.4 Å². The van der Waals surface area contributed by atoms with Crippen molar-refractivity contribution in [1.82, 2.24) is 14.5 Å². The van der Waals surface area contributed by atoms with Gasteiger partial charge in [-0.3, -0.25) is 10.1 Å². The second-order valence-electron chi connectivity index (χ2n) is 6.80. The largest absolute Gasteiger partial charge is 0.326 e. The van der Waals surface area contributed by atoms with E-state index in [2.05, 4.69) is 54.5 Å². The average molecular weight is 403 g/mol. The normalized spacial score (nSPS) is 11.0. The van der Waals surface area contributed by atoms with Crippen LogP contribution in [-0.2, 0) is 13.0 Å². The molecule has 0 aliphatic rings. The smallest absolute Gasteiger partial charge is 0.271 e. The van der Waals surface area contributed by atoms with Gasteiger partial charge in [0.1, 0.15) is 5.82 Å². The quantitative estimate of drug-likeness (QED) is 0.407. The molecule has 150 valence electrons. The Morgan fingerprint density at radius 3 is 2.39 bits per heavy atom. The van der Waals surface area contributed by atoms with E-state index in [1.807, 2.05) is 6.07 Å². The van der Waals surface area contributed by atoms with E-state index in [4.69, 9.17) is 4.98 Å². The van der Waals surface area contributed by atoms with Gasteiger partial charge in [-0.2, -0.15) is 0 Å². The van der Waals surface area contributed by atoms with Crippen LogP contribution in [0.1, 0.15) is 30.8 Å². The summed E-state index contributed by atoms with van der Waals surface area (Å²) in [5.41, 5.74) is 4.14. The van der Waals surface area contributed by atoms with E-state index in [1.54, 1.807) is 12.1 Å². The first-order chi connectivity index (χ1) is 13.0. The van der Waals surface area contributed by atoms with Crippen LogP contribution < -0.4 is 0 Å². The van der Waals surface area contributed by atoms with Crippen molar-refractivity contribution in [3.63, 3.8) is 0 Å². The van der Waals surface area contributed by atoms with E-state index in [1.165, 1.54) is 11.1 Å². The van der Waals surface area contributed by atoms with Gasteiger partial charge in [0.2, 0.25) is 0 Å². The average Bonchev–Trinajstić information content (AvgIpc) is 3.00. The Balaban J connectivity index is 0.00000280. The Morgan fingerprint density at radius 1 is 1.11 bits per heavy atom. The summed E-state index contributed by atoms with van der Waals surface area (Å²) in [5.74, 6) is 0.946. The summed E-state index contributed by atoms with van der Waals surface area (Å²) in [6, 6.07) is 13.4. The number of aryl methyl sites for hydroxylation is 1. The molecule has 6 nitrogen and oxygen atoms in total. The molecule has 0 fully saturated rings. The third-order valence-corrected chi connectivity index (χ3v) is 5.04. The zero-order chi connectivity index (χ0) is 19.4. The Hall–Kier alpha value is -2.44. The van der Waals surface area contributed by atoms with Crippen molar-refractivity contribution in [3.8, 4) is 0 Å². The van der Waals surface area contributed by atoms with E-state index >= 15 is 0 Å². The number of hydrogen-bond acceptors (Lipinski definition) is 4. The van der Waals surface area contributed by atoms with Gasteiger partial charge in [-0.1, -0.05) is 43.7 Å². The molecule has 0 aliphatic heterocycles. The van der Waals surface area contributed by atoms with Crippen molar-refractivity contribution in [2.45, 2.75) is 33.7 Å². The molecule has 0 unspecified atom stereocenters. The highest BCUT2D eigenvalue weighted by molar-refractivity contribution is 5.85. The Labute approximate surface area is 171 Å². The minimum Gasteiger partial charge on any atom is -0.326 e. The molecule has 0 bridgehead atoms. The Bertz CT molecular complexity index is 933. The highest BCUT2D eigenvalue weighted by Crippen LogP contribution is 2.23. The molecule has 3 rings (SSSR count). The minimum absolute atomic E-state index is 0. The van der Waals surface area contributed by atoms with Crippen LogP contribution in [-0.4, -0.2) is 39.0 Å². The summed E-state index contributed by atoms with van der Waals surface area (Å²) in [7, 11) is 0. The zero-order valence-electron chi connectivity index (χ0n) is 16.6. The first-order valence-electron chi connectivity index (χ1n) is 9.43. The predicted octanol–water partition coefficient (Wildman–Crippen LogP) is 4.61. The minimum atomic E-state index is -0.367. The van der Waals surface area contributed by atoms with Crippen LogP contribution >= 0.6 is 12.4 Å². The van der Waals surface area contributed by atoms with Crippen LogP contribution in [0.5, 0.6) is 0 Å². The fourth-order valence-corrected chi connectivity index (χ4v) is 3.34. The van der Waals surface area contributed by atoms with Crippen molar-refractivity contribution >= 4 is 29.1 Å². The molecule has 28 heavy (non-hydrogen) atoms. The van der Waals surface area contributed by atoms with Crippen molar-refractivity contribution in [3.05, 3.63) is 69.5 Å². The third kappa shape index (κ3) is 4.88. The molecular weight excluding hydrogens is 376 g/mol. The van der Waals surface area contributed by atoms with Crippen LogP contribution in [0, 0.1) is 17.0 Å². The summed E-state index contributed by atoms with van der Waals surface area (Å²) in [5, 5.41) is 11.1. The van der Waals surface area contributed by atoms with E-state index in [0.717, 1.165) is 37.5 Å². The molecule has 0 N–H and O–H groups in total. The first kappa shape index (κ1) is 21.9. The second-order valence-corrected chi connectivity index (χ2v) is 6.80. The summed E-state index contributed by atoms with van der Waals surface area (Å²) in [6.45, 7) is 10.1. The van der Waals surface area contributed by atoms with Crippen LogP contribution in [0.15, 0.2) is 42.5 Å². The van der Waals surface area contributed by atoms with Gasteiger partial charge < -0.3 is 9.47 Å². The number of nitrogens with zero attached hydrogens (tertiary/aromatic N) is 4. The maximum atomic E-state index is 11.1. The fraction of sp³-hybridized carbons (Fsp3) is 0.381. The van der Waals surface area contributed by atoms with Gasteiger partial charge in [0, 0.05) is 31.6 Å². The molecule has 1 aromatic heterocycles. The monoisotopic (exact) mass is 402 g/mol. The van der Waals surface area contributed by atoms with Crippen LogP contribution in [0.4, 0.5) is 5.69 Å². The molecule has 2 aromatic carbocycles. The van der Waals surface area contributed by atoms with Crippen LogP contribution in [0.3, 0.4) is 0 Å². The summed E-state index contributed by atoms with van der Waals surface area (Å²) in [4.78, 5) is 17.9. The fourth-order valence-electron chi connectivity index (χ4n) is 3.34. The number of fused-ring (bicyclic) bond motifs is 1. The number of nitro groups is 1. The van der Waals surface area contributed by atoms with E-state index < -0.39 is 0 Å². The topological polar surface area (TPSA) is 64.2 Å². The van der Waals surface area contributed by atoms with Crippen molar-refractivity contribution in [2.24, 2.45) is 0 Å². The zero-order valence-corrected chi connectivity index (χ0v) is 17.4. The van der Waals surface area contributed by atoms with Crippen molar-refractivity contribution < 1.29 is 4.92 Å². The molecule has 1 heterocycles. The summed E-state index contributed by atoms with van der Waals surface area (Å²) in [6.07, 6.45) is 0.709.